The Bertz CT molecular complexity index is 685. The molecule has 152 valence electrons. The molecule has 8 nitrogen and oxygen atoms in total. The molecule has 0 unspecified atom stereocenters. The number of nitriles is 1. The van der Waals surface area contributed by atoms with Crippen LogP contribution >= 0.6 is 0 Å². The average molecular weight is 388 g/mol. The van der Waals surface area contributed by atoms with Gasteiger partial charge in [0.2, 0.25) is 11.8 Å². The third-order valence-electron chi connectivity index (χ3n) is 3.97. The number of hydrogen-bond acceptors (Lipinski definition) is 5. The number of carbonyl (C=O) groups is 3. The van der Waals surface area contributed by atoms with Crippen molar-refractivity contribution in [1.29, 1.82) is 5.26 Å². The quantitative estimate of drug-likeness (QED) is 0.498. The van der Waals surface area contributed by atoms with E-state index in [-0.39, 0.29) is 25.4 Å². The van der Waals surface area contributed by atoms with Gasteiger partial charge in [0.1, 0.15) is 18.7 Å². The van der Waals surface area contributed by atoms with Gasteiger partial charge in [-0.25, -0.2) is 4.79 Å². The molecule has 0 aromatic heterocycles. The SMILES string of the molecule is CC(C)C[C@H](NC(=O)OCc1ccccc1)C(=O)N[C@@H](CCCC#N)C(N)=O. The lowest BCUT2D eigenvalue weighted by Crippen LogP contribution is -2.53. The highest BCUT2D eigenvalue weighted by molar-refractivity contribution is 5.90. The smallest absolute Gasteiger partial charge is 0.408 e. The molecule has 0 aliphatic rings. The number of primary amides is 1. The summed E-state index contributed by atoms with van der Waals surface area (Å²) in [5.74, 6) is -1.07. The summed E-state index contributed by atoms with van der Waals surface area (Å²) in [5, 5.41) is 13.7. The van der Waals surface area contributed by atoms with Crippen LogP contribution in [0.1, 0.15) is 45.1 Å². The van der Waals surface area contributed by atoms with Gasteiger partial charge in [-0.15, -0.1) is 0 Å². The fourth-order valence-corrected chi connectivity index (χ4v) is 2.55. The molecule has 28 heavy (non-hydrogen) atoms. The topological polar surface area (TPSA) is 134 Å². The van der Waals surface area contributed by atoms with E-state index in [1.165, 1.54) is 0 Å². The number of alkyl carbamates (subject to hydrolysis) is 1. The summed E-state index contributed by atoms with van der Waals surface area (Å²) in [6.45, 7) is 3.91. The van der Waals surface area contributed by atoms with Gasteiger partial charge >= 0.3 is 6.09 Å². The zero-order valence-electron chi connectivity index (χ0n) is 16.3. The van der Waals surface area contributed by atoms with E-state index in [1.54, 1.807) is 0 Å². The minimum atomic E-state index is -0.891. The standard InChI is InChI=1S/C20H28N4O4/c1-14(2)12-17(19(26)23-16(18(22)25)10-6-7-11-21)24-20(27)28-13-15-8-4-3-5-9-15/h3-5,8-9,14,16-17H,6-7,10,12-13H2,1-2H3,(H2,22,25)(H,23,26)(H,24,27)/t16-,17-/m0/s1. The largest absolute Gasteiger partial charge is 0.445 e. The van der Waals surface area contributed by atoms with E-state index >= 15 is 0 Å². The molecule has 0 saturated heterocycles. The van der Waals surface area contributed by atoms with Crippen LogP contribution < -0.4 is 16.4 Å². The van der Waals surface area contributed by atoms with E-state index in [0.717, 1.165) is 5.56 Å². The molecule has 0 radical (unpaired) electrons. The first-order chi connectivity index (χ1) is 13.3. The molecule has 1 aromatic carbocycles. The minimum absolute atomic E-state index is 0.0841. The van der Waals surface area contributed by atoms with Gasteiger partial charge in [0.15, 0.2) is 0 Å². The number of nitrogens with one attached hydrogen (secondary N) is 2. The van der Waals surface area contributed by atoms with Crippen LogP contribution in [0.3, 0.4) is 0 Å². The number of carbonyl (C=O) groups excluding carboxylic acids is 3. The van der Waals surface area contributed by atoms with Crippen LogP contribution in [0.4, 0.5) is 4.79 Å². The second kappa shape index (κ2) is 12.3. The number of hydrogen-bond donors (Lipinski definition) is 3. The van der Waals surface area contributed by atoms with E-state index in [2.05, 4.69) is 10.6 Å². The molecule has 1 aromatic rings. The number of benzene rings is 1. The highest BCUT2D eigenvalue weighted by Gasteiger charge is 2.26. The molecule has 4 N–H and O–H groups in total. The Kier molecular flexibility index (Phi) is 10.1. The first kappa shape index (κ1) is 23.0. The Balaban J connectivity index is 2.66. The predicted octanol–water partition coefficient (Wildman–Crippen LogP) is 1.99. The maximum Gasteiger partial charge on any atom is 0.408 e. The Morgan fingerprint density at radius 1 is 1.14 bits per heavy atom. The molecule has 8 heteroatoms. The van der Waals surface area contributed by atoms with Crippen LogP contribution in [0.25, 0.3) is 0 Å². The number of nitrogens with two attached hydrogens (primary N) is 1. The lowest BCUT2D eigenvalue weighted by molar-refractivity contribution is -0.129. The number of unbranched alkanes of at least 4 members (excludes halogenated alkanes) is 1. The van der Waals surface area contributed by atoms with Crippen LogP contribution in [0.5, 0.6) is 0 Å². The van der Waals surface area contributed by atoms with Crippen molar-refractivity contribution in [2.24, 2.45) is 11.7 Å². The lowest BCUT2D eigenvalue weighted by Gasteiger charge is -2.23. The Morgan fingerprint density at radius 3 is 2.39 bits per heavy atom. The zero-order valence-corrected chi connectivity index (χ0v) is 16.3. The summed E-state index contributed by atoms with van der Waals surface area (Å²) in [7, 11) is 0. The summed E-state index contributed by atoms with van der Waals surface area (Å²) < 4.78 is 5.16. The van der Waals surface area contributed by atoms with Gasteiger partial charge in [0.25, 0.3) is 0 Å². The number of nitrogens with zero attached hydrogens (tertiary/aromatic N) is 1. The Labute approximate surface area is 165 Å². The molecule has 3 amide bonds. The van der Waals surface area contributed by atoms with Gasteiger partial charge in [0.05, 0.1) is 6.07 Å². The van der Waals surface area contributed by atoms with Crippen LogP contribution in [0.15, 0.2) is 30.3 Å². The van der Waals surface area contributed by atoms with Gasteiger partial charge in [-0.2, -0.15) is 5.26 Å². The van der Waals surface area contributed by atoms with Crippen molar-refractivity contribution < 1.29 is 19.1 Å². The second-order valence-electron chi connectivity index (χ2n) is 6.90. The van der Waals surface area contributed by atoms with Gasteiger partial charge < -0.3 is 21.1 Å². The molecule has 0 bridgehead atoms. The van der Waals surface area contributed by atoms with Crippen LogP contribution in [-0.2, 0) is 20.9 Å². The highest BCUT2D eigenvalue weighted by Crippen LogP contribution is 2.08. The second-order valence-corrected chi connectivity index (χ2v) is 6.90. The van der Waals surface area contributed by atoms with Crippen molar-refractivity contribution in [3.63, 3.8) is 0 Å². The van der Waals surface area contributed by atoms with Crippen LogP contribution in [-0.4, -0.2) is 30.0 Å². The molecule has 0 heterocycles. The normalized spacial score (nSPS) is 12.5. The highest BCUT2D eigenvalue weighted by atomic mass is 16.5. The maximum absolute atomic E-state index is 12.6. The monoisotopic (exact) mass is 388 g/mol. The van der Waals surface area contributed by atoms with Gasteiger partial charge in [-0.1, -0.05) is 44.2 Å². The fraction of sp³-hybridized carbons (Fsp3) is 0.500. The van der Waals surface area contributed by atoms with Crippen molar-refractivity contribution in [1.82, 2.24) is 10.6 Å². The van der Waals surface area contributed by atoms with E-state index in [4.69, 9.17) is 15.7 Å². The van der Waals surface area contributed by atoms with Crippen molar-refractivity contribution >= 4 is 17.9 Å². The van der Waals surface area contributed by atoms with E-state index < -0.39 is 30.0 Å². The fourth-order valence-electron chi connectivity index (χ4n) is 2.55. The van der Waals surface area contributed by atoms with Crippen molar-refractivity contribution in [2.75, 3.05) is 0 Å². The zero-order chi connectivity index (χ0) is 20.9. The molecule has 1 rings (SSSR count). The molecule has 0 aliphatic carbocycles. The molecule has 0 aliphatic heterocycles. The average Bonchev–Trinajstić information content (AvgIpc) is 2.65. The van der Waals surface area contributed by atoms with Gasteiger partial charge in [-0.3, -0.25) is 9.59 Å². The number of rotatable bonds is 11. The van der Waals surface area contributed by atoms with Crippen molar-refractivity contribution in [3.8, 4) is 6.07 Å². The summed E-state index contributed by atoms with van der Waals surface area (Å²) in [6.07, 6.45) is 0.618. The van der Waals surface area contributed by atoms with E-state index in [9.17, 15) is 14.4 Å². The Morgan fingerprint density at radius 2 is 1.82 bits per heavy atom. The van der Waals surface area contributed by atoms with Crippen LogP contribution in [0, 0.1) is 17.2 Å². The number of ether oxygens (including phenoxy) is 1. The molecule has 2 atom stereocenters. The van der Waals surface area contributed by atoms with Crippen molar-refractivity contribution in [2.45, 2.75) is 58.2 Å². The molecule has 0 saturated carbocycles. The first-order valence-corrected chi connectivity index (χ1v) is 9.27. The molecular formula is C20H28N4O4. The van der Waals surface area contributed by atoms with Gasteiger partial charge in [0, 0.05) is 6.42 Å². The minimum Gasteiger partial charge on any atom is -0.445 e. The number of amides is 3. The maximum atomic E-state index is 12.6. The van der Waals surface area contributed by atoms with Gasteiger partial charge in [-0.05, 0) is 30.7 Å². The molecule has 0 spiro atoms. The summed E-state index contributed by atoms with van der Waals surface area (Å²) >= 11 is 0. The van der Waals surface area contributed by atoms with Crippen molar-refractivity contribution in [3.05, 3.63) is 35.9 Å². The third kappa shape index (κ3) is 9.03. The predicted molar refractivity (Wildman–Crippen MR) is 104 cm³/mol. The lowest BCUT2D eigenvalue weighted by atomic mass is 10.0. The molecule has 0 fully saturated rings. The first-order valence-electron chi connectivity index (χ1n) is 9.27. The third-order valence-corrected chi connectivity index (χ3v) is 3.97. The Hall–Kier alpha value is -3.08. The summed E-state index contributed by atoms with van der Waals surface area (Å²) in [4.78, 5) is 36.3. The van der Waals surface area contributed by atoms with E-state index in [0.29, 0.717) is 12.8 Å². The summed E-state index contributed by atoms with van der Waals surface area (Å²) in [5.41, 5.74) is 6.16. The summed E-state index contributed by atoms with van der Waals surface area (Å²) in [6, 6.07) is 9.41. The molecular weight excluding hydrogens is 360 g/mol. The van der Waals surface area contributed by atoms with Crippen LogP contribution in [0.2, 0.25) is 0 Å². The van der Waals surface area contributed by atoms with E-state index in [1.807, 2.05) is 50.2 Å².